The maximum atomic E-state index is 12.3. The van der Waals surface area contributed by atoms with Crippen molar-refractivity contribution in [3.63, 3.8) is 0 Å². The number of hydrogen-bond acceptors (Lipinski definition) is 3. The van der Waals surface area contributed by atoms with Gasteiger partial charge in [-0.05, 0) is 49.2 Å². The number of carbonyl (C=O) groups excluding carboxylic acids is 2. The summed E-state index contributed by atoms with van der Waals surface area (Å²) < 4.78 is 0. The fraction of sp³-hybridized carbons (Fsp3) is 0.300. The molecule has 0 saturated carbocycles. The fourth-order valence-corrected chi connectivity index (χ4v) is 3.16. The summed E-state index contributed by atoms with van der Waals surface area (Å²) in [5, 5.41) is 6.57. The molecule has 3 rings (SSSR count). The Morgan fingerprint density at radius 1 is 1.00 bits per heavy atom. The van der Waals surface area contributed by atoms with E-state index in [0.29, 0.717) is 17.1 Å². The highest BCUT2D eigenvalue weighted by molar-refractivity contribution is 6.30. The van der Waals surface area contributed by atoms with Gasteiger partial charge in [0.25, 0.3) is 5.91 Å². The number of nitrogens with one attached hydrogen (secondary N) is 2. The molecular formula is C20H22ClN3O2. The summed E-state index contributed by atoms with van der Waals surface area (Å²) in [6.45, 7) is 1.94. The summed E-state index contributed by atoms with van der Waals surface area (Å²) in [6, 6.07) is 16.4. The molecule has 2 aromatic rings. The van der Waals surface area contributed by atoms with Crippen molar-refractivity contribution in [3.05, 3.63) is 65.2 Å². The Morgan fingerprint density at radius 3 is 2.31 bits per heavy atom. The Kier molecular flexibility index (Phi) is 6.26. The minimum Gasteiger partial charge on any atom is -0.349 e. The van der Waals surface area contributed by atoms with Gasteiger partial charge in [0.15, 0.2) is 0 Å². The van der Waals surface area contributed by atoms with Crippen LogP contribution in [0.2, 0.25) is 5.02 Å². The van der Waals surface area contributed by atoms with E-state index in [0.717, 1.165) is 31.6 Å². The van der Waals surface area contributed by atoms with Crippen LogP contribution in [0.3, 0.4) is 0 Å². The molecule has 0 atom stereocenters. The number of carbonyl (C=O) groups is 2. The number of likely N-dealkylation sites (tertiary alicyclic amines) is 1. The molecule has 0 spiro atoms. The van der Waals surface area contributed by atoms with E-state index in [2.05, 4.69) is 15.5 Å². The third-order valence-corrected chi connectivity index (χ3v) is 4.71. The third-order valence-electron chi connectivity index (χ3n) is 4.45. The molecule has 6 heteroatoms. The van der Waals surface area contributed by atoms with Crippen LogP contribution in [0.4, 0.5) is 5.69 Å². The Morgan fingerprint density at radius 2 is 1.65 bits per heavy atom. The van der Waals surface area contributed by atoms with Crippen LogP contribution < -0.4 is 10.6 Å². The monoisotopic (exact) mass is 371 g/mol. The maximum Gasteiger partial charge on any atom is 0.251 e. The Bertz CT molecular complexity index is 741. The SMILES string of the molecule is O=C(CN1CCC(NC(=O)c2ccc(Cl)cc2)CC1)Nc1ccccc1. The molecule has 0 unspecified atom stereocenters. The van der Waals surface area contributed by atoms with Crippen molar-refractivity contribution >= 4 is 29.1 Å². The summed E-state index contributed by atoms with van der Waals surface area (Å²) in [6.07, 6.45) is 1.66. The highest BCUT2D eigenvalue weighted by atomic mass is 35.5. The molecule has 0 aromatic heterocycles. The van der Waals surface area contributed by atoms with E-state index in [-0.39, 0.29) is 17.9 Å². The second kappa shape index (κ2) is 8.83. The van der Waals surface area contributed by atoms with E-state index in [1.807, 2.05) is 30.3 Å². The zero-order valence-corrected chi connectivity index (χ0v) is 15.2. The molecule has 2 amide bonds. The van der Waals surface area contributed by atoms with Crippen LogP contribution in [0, 0.1) is 0 Å². The van der Waals surface area contributed by atoms with Gasteiger partial charge in [0.1, 0.15) is 0 Å². The highest BCUT2D eigenvalue weighted by Gasteiger charge is 2.22. The number of benzene rings is 2. The van der Waals surface area contributed by atoms with Crippen LogP contribution in [0.1, 0.15) is 23.2 Å². The number of rotatable bonds is 5. The molecule has 1 aliphatic heterocycles. The van der Waals surface area contributed by atoms with Gasteiger partial charge in [0.05, 0.1) is 6.54 Å². The van der Waals surface area contributed by atoms with E-state index in [4.69, 9.17) is 11.6 Å². The Labute approximate surface area is 158 Å². The summed E-state index contributed by atoms with van der Waals surface area (Å²) in [5.41, 5.74) is 1.42. The number of amides is 2. The van der Waals surface area contributed by atoms with Gasteiger partial charge in [-0.1, -0.05) is 29.8 Å². The Balaban J connectivity index is 1.42. The molecule has 1 aliphatic rings. The average molecular weight is 372 g/mol. The summed E-state index contributed by atoms with van der Waals surface area (Å²) in [4.78, 5) is 26.5. The predicted molar refractivity (Wildman–Crippen MR) is 103 cm³/mol. The fourth-order valence-electron chi connectivity index (χ4n) is 3.03. The molecule has 0 radical (unpaired) electrons. The average Bonchev–Trinajstić information content (AvgIpc) is 2.64. The molecule has 2 N–H and O–H groups in total. The molecule has 1 saturated heterocycles. The molecule has 136 valence electrons. The highest BCUT2D eigenvalue weighted by Crippen LogP contribution is 2.13. The zero-order valence-electron chi connectivity index (χ0n) is 14.5. The second-order valence-electron chi connectivity index (χ2n) is 6.44. The van der Waals surface area contributed by atoms with Gasteiger partial charge >= 0.3 is 0 Å². The standard InChI is InChI=1S/C20H22ClN3O2/c21-16-8-6-15(7-9-16)20(26)23-18-10-12-24(13-11-18)14-19(25)22-17-4-2-1-3-5-17/h1-9,18H,10-14H2,(H,22,25)(H,23,26). The minimum absolute atomic E-state index is 0.0140. The van der Waals surface area contributed by atoms with Crippen LogP contribution in [-0.2, 0) is 4.79 Å². The van der Waals surface area contributed by atoms with Gasteiger partial charge in [-0.3, -0.25) is 14.5 Å². The van der Waals surface area contributed by atoms with E-state index in [1.165, 1.54) is 0 Å². The third kappa shape index (κ3) is 5.31. The zero-order chi connectivity index (χ0) is 18.4. The first kappa shape index (κ1) is 18.4. The summed E-state index contributed by atoms with van der Waals surface area (Å²) in [7, 11) is 0. The van der Waals surface area contributed by atoms with Crippen molar-refractivity contribution in [2.45, 2.75) is 18.9 Å². The van der Waals surface area contributed by atoms with Gasteiger partial charge < -0.3 is 10.6 Å². The van der Waals surface area contributed by atoms with Crippen molar-refractivity contribution in [1.29, 1.82) is 0 Å². The number of piperidine rings is 1. The summed E-state index contributed by atoms with van der Waals surface area (Å²) >= 11 is 5.85. The topological polar surface area (TPSA) is 61.4 Å². The van der Waals surface area contributed by atoms with E-state index >= 15 is 0 Å². The lowest BCUT2D eigenvalue weighted by atomic mass is 10.0. The van der Waals surface area contributed by atoms with E-state index < -0.39 is 0 Å². The molecule has 2 aromatic carbocycles. The van der Waals surface area contributed by atoms with Crippen molar-refractivity contribution in [2.24, 2.45) is 0 Å². The van der Waals surface area contributed by atoms with Crippen LogP contribution in [0.15, 0.2) is 54.6 Å². The van der Waals surface area contributed by atoms with Gasteiger partial charge in [-0.25, -0.2) is 0 Å². The lowest BCUT2D eigenvalue weighted by Crippen LogP contribution is -2.46. The first-order valence-electron chi connectivity index (χ1n) is 8.74. The van der Waals surface area contributed by atoms with Crippen LogP contribution in [-0.4, -0.2) is 42.4 Å². The van der Waals surface area contributed by atoms with Crippen molar-refractivity contribution < 1.29 is 9.59 Å². The second-order valence-corrected chi connectivity index (χ2v) is 6.88. The number of nitrogens with zero attached hydrogens (tertiary/aromatic N) is 1. The van der Waals surface area contributed by atoms with Gasteiger partial charge in [0.2, 0.25) is 5.91 Å². The Hall–Kier alpha value is -2.37. The van der Waals surface area contributed by atoms with E-state index in [9.17, 15) is 9.59 Å². The van der Waals surface area contributed by atoms with Crippen LogP contribution in [0.5, 0.6) is 0 Å². The molecule has 1 fully saturated rings. The van der Waals surface area contributed by atoms with Crippen molar-refractivity contribution in [3.8, 4) is 0 Å². The van der Waals surface area contributed by atoms with E-state index in [1.54, 1.807) is 24.3 Å². The number of halogens is 1. The molecular weight excluding hydrogens is 350 g/mol. The normalized spacial score (nSPS) is 15.4. The molecule has 26 heavy (non-hydrogen) atoms. The minimum atomic E-state index is -0.0815. The van der Waals surface area contributed by atoms with Crippen molar-refractivity contribution in [1.82, 2.24) is 10.2 Å². The summed E-state index contributed by atoms with van der Waals surface area (Å²) in [5.74, 6) is -0.0956. The molecule has 5 nitrogen and oxygen atoms in total. The quantitative estimate of drug-likeness (QED) is 0.848. The lowest BCUT2D eigenvalue weighted by molar-refractivity contribution is -0.117. The van der Waals surface area contributed by atoms with Gasteiger partial charge in [-0.15, -0.1) is 0 Å². The molecule has 1 heterocycles. The largest absolute Gasteiger partial charge is 0.349 e. The lowest BCUT2D eigenvalue weighted by Gasteiger charge is -2.31. The first-order chi connectivity index (χ1) is 12.6. The number of anilines is 1. The van der Waals surface area contributed by atoms with Gasteiger partial charge in [-0.2, -0.15) is 0 Å². The number of para-hydroxylation sites is 1. The predicted octanol–water partition coefficient (Wildman–Crippen LogP) is 3.17. The maximum absolute atomic E-state index is 12.3. The van der Waals surface area contributed by atoms with Gasteiger partial charge in [0, 0.05) is 35.4 Å². The smallest absolute Gasteiger partial charge is 0.251 e. The first-order valence-corrected chi connectivity index (χ1v) is 9.11. The van der Waals surface area contributed by atoms with Crippen LogP contribution in [0.25, 0.3) is 0 Å². The molecule has 0 bridgehead atoms. The van der Waals surface area contributed by atoms with Crippen LogP contribution >= 0.6 is 11.6 Å². The number of hydrogen-bond donors (Lipinski definition) is 2. The van der Waals surface area contributed by atoms with Crippen molar-refractivity contribution in [2.75, 3.05) is 25.0 Å². The molecule has 0 aliphatic carbocycles.